The second-order valence-corrected chi connectivity index (χ2v) is 4.44. The van der Waals surface area contributed by atoms with Crippen LogP contribution < -0.4 is 5.32 Å². The number of hydrogen-bond acceptors (Lipinski definition) is 2. The third-order valence-corrected chi connectivity index (χ3v) is 2.87. The number of halogens is 4. The van der Waals surface area contributed by atoms with Crippen molar-refractivity contribution in [3.05, 3.63) is 29.8 Å². The van der Waals surface area contributed by atoms with Crippen LogP contribution in [0.5, 0.6) is 0 Å². The van der Waals surface area contributed by atoms with E-state index in [1.165, 1.54) is 0 Å². The topological polar surface area (TPSA) is 12.0 Å². The van der Waals surface area contributed by atoms with E-state index in [9.17, 15) is 13.2 Å². The Morgan fingerprint density at radius 1 is 1.25 bits per heavy atom. The molecule has 0 saturated heterocycles. The molecule has 1 N–H and O–H groups in total. The number of thioether (sulfide) groups is 1. The fourth-order valence-electron chi connectivity index (χ4n) is 1.16. The summed E-state index contributed by atoms with van der Waals surface area (Å²) in [4.78, 5) is 0. The molecule has 0 heterocycles. The van der Waals surface area contributed by atoms with Gasteiger partial charge < -0.3 is 5.32 Å². The summed E-state index contributed by atoms with van der Waals surface area (Å²) in [6.07, 6.45) is 0. The Morgan fingerprint density at radius 3 is 2.56 bits per heavy atom. The molecular formula is C10H11ClF3NS. The molecule has 0 atom stereocenters. The molecule has 6 heteroatoms. The molecule has 0 spiro atoms. The van der Waals surface area contributed by atoms with Crippen molar-refractivity contribution in [3.63, 3.8) is 0 Å². The lowest BCUT2D eigenvalue weighted by atomic mass is 10.2. The van der Waals surface area contributed by atoms with Gasteiger partial charge in [-0.2, -0.15) is 13.2 Å². The average Bonchev–Trinajstić information content (AvgIpc) is 2.23. The molecule has 0 aromatic heterocycles. The van der Waals surface area contributed by atoms with Gasteiger partial charge in [0, 0.05) is 23.9 Å². The van der Waals surface area contributed by atoms with Gasteiger partial charge in [-0.05, 0) is 23.4 Å². The van der Waals surface area contributed by atoms with Crippen LogP contribution in [0.25, 0.3) is 0 Å². The van der Waals surface area contributed by atoms with E-state index >= 15 is 0 Å². The third kappa shape index (κ3) is 4.99. The number of para-hydroxylation sites is 1. The molecule has 0 bridgehead atoms. The molecule has 0 amide bonds. The van der Waals surface area contributed by atoms with Crippen LogP contribution in [-0.2, 0) is 5.88 Å². The third-order valence-electron chi connectivity index (χ3n) is 1.84. The zero-order valence-corrected chi connectivity index (χ0v) is 9.92. The lowest BCUT2D eigenvalue weighted by Crippen LogP contribution is -2.10. The van der Waals surface area contributed by atoms with Gasteiger partial charge in [-0.15, -0.1) is 11.6 Å². The van der Waals surface area contributed by atoms with Crippen LogP contribution in [0, 0.1) is 0 Å². The van der Waals surface area contributed by atoms with Gasteiger partial charge >= 0.3 is 5.51 Å². The van der Waals surface area contributed by atoms with Crippen LogP contribution in [0.1, 0.15) is 5.56 Å². The molecule has 16 heavy (non-hydrogen) atoms. The number of anilines is 1. The molecule has 0 aliphatic heterocycles. The first-order valence-electron chi connectivity index (χ1n) is 4.61. The summed E-state index contributed by atoms with van der Waals surface area (Å²) in [5, 5.41) is 2.93. The highest BCUT2D eigenvalue weighted by molar-refractivity contribution is 8.00. The first-order chi connectivity index (χ1) is 7.53. The first-order valence-corrected chi connectivity index (χ1v) is 6.13. The smallest absolute Gasteiger partial charge is 0.384 e. The van der Waals surface area contributed by atoms with Crippen LogP contribution >= 0.6 is 23.4 Å². The van der Waals surface area contributed by atoms with E-state index in [0.717, 1.165) is 11.3 Å². The number of nitrogens with one attached hydrogen (secondary N) is 1. The lowest BCUT2D eigenvalue weighted by molar-refractivity contribution is -0.0327. The van der Waals surface area contributed by atoms with Crippen molar-refractivity contribution >= 4 is 29.1 Å². The van der Waals surface area contributed by atoms with Gasteiger partial charge in [-0.1, -0.05) is 18.2 Å². The molecule has 0 saturated carbocycles. The minimum absolute atomic E-state index is 0.0138. The summed E-state index contributed by atoms with van der Waals surface area (Å²) < 4.78 is 35.5. The van der Waals surface area contributed by atoms with E-state index in [4.69, 9.17) is 11.6 Å². The summed E-state index contributed by atoms with van der Waals surface area (Å²) in [6, 6.07) is 7.30. The highest BCUT2D eigenvalue weighted by Crippen LogP contribution is 2.29. The molecule has 1 aromatic rings. The van der Waals surface area contributed by atoms with Crippen molar-refractivity contribution in [1.82, 2.24) is 0 Å². The zero-order chi connectivity index (χ0) is 12.0. The average molecular weight is 270 g/mol. The molecule has 1 rings (SSSR count). The van der Waals surface area contributed by atoms with Gasteiger partial charge in [-0.3, -0.25) is 0 Å². The zero-order valence-electron chi connectivity index (χ0n) is 8.35. The Morgan fingerprint density at radius 2 is 1.94 bits per heavy atom. The maximum absolute atomic E-state index is 11.8. The normalized spacial score (nSPS) is 11.5. The molecule has 0 radical (unpaired) electrons. The van der Waals surface area contributed by atoms with Crippen molar-refractivity contribution in [1.29, 1.82) is 0 Å². The Labute approximate surface area is 101 Å². The molecule has 1 aromatic carbocycles. The molecular weight excluding hydrogens is 259 g/mol. The van der Waals surface area contributed by atoms with Gasteiger partial charge in [0.15, 0.2) is 0 Å². The monoisotopic (exact) mass is 269 g/mol. The van der Waals surface area contributed by atoms with Crippen molar-refractivity contribution < 1.29 is 13.2 Å². The Balaban J connectivity index is 2.37. The maximum Gasteiger partial charge on any atom is 0.441 e. The lowest BCUT2D eigenvalue weighted by Gasteiger charge is -2.10. The van der Waals surface area contributed by atoms with Gasteiger partial charge in [0.25, 0.3) is 0 Å². The van der Waals surface area contributed by atoms with Crippen LogP contribution in [0.2, 0.25) is 0 Å². The molecule has 0 fully saturated rings. The summed E-state index contributed by atoms with van der Waals surface area (Å²) in [5.41, 5.74) is -2.48. The van der Waals surface area contributed by atoms with E-state index in [0.29, 0.717) is 5.88 Å². The van der Waals surface area contributed by atoms with Gasteiger partial charge in [0.05, 0.1) is 0 Å². The van der Waals surface area contributed by atoms with E-state index in [1.54, 1.807) is 6.07 Å². The minimum Gasteiger partial charge on any atom is -0.384 e. The van der Waals surface area contributed by atoms with Crippen LogP contribution in [0.3, 0.4) is 0 Å². The van der Waals surface area contributed by atoms with Crippen LogP contribution in [0.15, 0.2) is 24.3 Å². The standard InChI is InChI=1S/C10H11ClF3NS/c11-7-8-3-1-2-4-9(8)15-5-6-16-10(12,13)14/h1-4,15H,5-7H2. The van der Waals surface area contributed by atoms with Crippen molar-refractivity contribution in [2.24, 2.45) is 0 Å². The van der Waals surface area contributed by atoms with Gasteiger partial charge in [0.1, 0.15) is 0 Å². The van der Waals surface area contributed by atoms with Gasteiger partial charge in [-0.25, -0.2) is 0 Å². The van der Waals surface area contributed by atoms with Crippen molar-refractivity contribution in [2.75, 3.05) is 17.6 Å². The maximum atomic E-state index is 11.8. The molecule has 90 valence electrons. The number of benzene rings is 1. The SMILES string of the molecule is FC(F)(F)SCCNc1ccccc1CCl. The fraction of sp³-hybridized carbons (Fsp3) is 0.400. The number of rotatable bonds is 5. The first kappa shape index (κ1) is 13.5. The second-order valence-electron chi connectivity index (χ2n) is 3.01. The second kappa shape index (κ2) is 6.25. The molecule has 0 aliphatic rings. The number of alkyl halides is 4. The molecule has 1 nitrogen and oxygen atoms in total. The fourth-order valence-corrected chi connectivity index (χ4v) is 1.83. The summed E-state index contributed by atoms with van der Waals surface area (Å²) in [7, 11) is 0. The summed E-state index contributed by atoms with van der Waals surface area (Å²) in [6.45, 7) is 0.262. The highest BCUT2D eigenvalue weighted by Gasteiger charge is 2.27. The minimum atomic E-state index is -4.16. The predicted molar refractivity (Wildman–Crippen MR) is 63.0 cm³/mol. The Bertz CT molecular complexity index is 330. The molecule has 0 aliphatic carbocycles. The van der Waals surface area contributed by atoms with E-state index < -0.39 is 5.51 Å². The molecule has 0 unspecified atom stereocenters. The van der Waals surface area contributed by atoms with E-state index in [1.807, 2.05) is 18.2 Å². The van der Waals surface area contributed by atoms with Gasteiger partial charge in [0.2, 0.25) is 0 Å². The Hall–Kier alpha value is -0.550. The van der Waals surface area contributed by atoms with Crippen molar-refractivity contribution in [3.8, 4) is 0 Å². The van der Waals surface area contributed by atoms with Crippen LogP contribution in [-0.4, -0.2) is 17.8 Å². The summed E-state index contributed by atoms with van der Waals surface area (Å²) in [5.74, 6) is 0.329. The predicted octanol–water partition coefficient (Wildman–Crippen LogP) is 4.09. The largest absolute Gasteiger partial charge is 0.441 e. The van der Waals surface area contributed by atoms with E-state index in [2.05, 4.69) is 5.32 Å². The highest BCUT2D eigenvalue weighted by atomic mass is 35.5. The Kier molecular flexibility index (Phi) is 5.28. The van der Waals surface area contributed by atoms with Crippen LogP contribution in [0.4, 0.5) is 18.9 Å². The van der Waals surface area contributed by atoms with E-state index in [-0.39, 0.29) is 24.1 Å². The number of hydrogen-bond donors (Lipinski definition) is 1. The van der Waals surface area contributed by atoms with Crippen molar-refractivity contribution in [2.45, 2.75) is 11.4 Å². The quantitative estimate of drug-likeness (QED) is 0.638. The summed E-state index contributed by atoms with van der Waals surface area (Å²) >= 11 is 5.66.